The number of ether oxygens (including phenoxy) is 3. The van der Waals surface area contributed by atoms with Gasteiger partial charge in [-0.25, -0.2) is 4.79 Å². The molecule has 0 amide bonds. The van der Waals surface area contributed by atoms with Gasteiger partial charge in [-0.05, 0) is 30.2 Å². The Bertz CT molecular complexity index is 563. The molecule has 2 aromatic carbocycles. The van der Waals surface area contributed by atoms with Crippen molar-refractivity contribution in [3.05, 3.63) is 54.6 Å². The smallest absolute Gasteiger partial charge is 0.344 e. The maximum atomic E-state index is 11.5. The van der Waals surface area contributed by atoms with Crippen molar-refractivity contribution in [3.8, 4) is 16.9 Å². The largest absolute Gasteiger partial charge is 0.482 e. The molecule has 0 aliphatic carbocycles. The lowest BCUT2D eigenvalue weighted by atomic mass is 10.1. The van der Waals surface area contributed by atoms with E-state index >= 15 is 0 Å². The molecule has 0 aromatic heterocycles. The van der Waals surface area contributed by atoms with Gasteiger partial charge in [-0.2, -0.15) is 0 Å². The van der Waals surface area contributed by atoms with Gasteiger partial charge in [0.15, 0.2) is 6.61 Å². The van der Waals surface area contributed by atoms with E-state index in [1.165, 1.54) is 0 Å². The molecule has 2 rings (SSSR count). The standard InChI is InChI=1S/C18H20O4/c1-2-20-12-13-21-18(19)14-22-17-10-8-16(9-11-17)15-6-4-3-5-7-15/h3-11H,2,12-14H2,1H3. The van der Waals surface area contributed by atoms with Crippen LogP contribution in [0.25, 0.3) is 11.1 Å². The van der Waals surface area contributed by atoms with Crippen LogP contribution in [0.3, 0.4) is 0 Å². The molecule has 116 valence electrons. The molecule has 0 unspecified atom stereocenters. The molecule has 0 saturated carbocycles. The van der Waals surface area contributed by atoms with Crippen LogP contribution in [0.15, 0.2) is 54.6 Å². The molecule has 0 aliphatic heterocycles. The minimum Gasteiger partial charge on any atom is -0.482 e. The lowest BCUT2D eigenvalue weighted by Gasteiger charge is -2.08. The van der Waals surface area contributed by atoms with E-state index in [-0.39, 0.29) is 13.2 Å². The third kappa shape index (κ3) is 5.22. The Morgan fingerprint density at radius 2 is 1.59 bits per heavy atom. The molecular formula is C18H20O4. The van der Waals surface area contributed by atoms with Gasteiger partial charge >= 0.3 is 5.97 Å². The first-order chi connectivity index (χ1) is 10.8. The van der Waals surface area contributed by atoms with Crippen molar-refractivity contribution in [3.63, 3.8) is 0 Å². The number of rotatable bonds is 8. The summed E-state index contributed by atoms with van der Waals surface area (Å²) in [6.45, 7) is 3.07. The van der Waals surface area contributed by atoms with Crippen molar-refractivity contribution in [2.24, 2.45) is 0 Å². The zero-order valence-electron chi connectivity index (χ0n) is 12.7. The predicted molar refractivity (Wildman–Crippen MR) is 84.8 cm³/mol. The van der Waals surface area contributed by atoms with Gasteiger partial charge in [0.05, 0.1) is 6.61 Å². The fraction of sp³-hybridized carbons (Fsp3) is 0.278. The Kier molecular flexibility index (Phi) is 6.45. The van der Waals surface area contributed by atoms with Crippen LogP contribution < -0.4 is 4.74 Å². The first kappa shape index (κ1) is 16.0. The summed E-state index contributed by atoms with van der Waals surface area (Å²) in [7, 11) is 0. The molecule has 0 saturated heterocycles. The number of carbonyl (C=O) groups excluding carboxylic acids is 1. The van der Waals surface area contributed by atoms with E-state index in [2.05, 4.69) is 0 Å². The molecule has 4 heteroatoms. The van der Waals surface area contributed by atoms with Gasteiger partial charge in [0.2, 0.25) is 0 Å². The van der Waals surface area contributed by atoms with Crippen LogP contribution in [0.1, 0.15) is 6.92 Å². The van der Waals surface area contributed by atoms with Gasteiger partial charge in [-0.3, -0.25) is 0 Å². The maximum absolute atomic E-state index is 11.5. The first-order valence-corrected chi connectivity index (χ1v) is 7.31. The predicted octanol–water partition coefficient (Wildman–Crippen LogP) is 3.31. The number of benzene rings is 2. The fourth-order valence-corrected chi connectivity index (χ4v) is 1.92. The van der Waals surface area contributed by atoms with Crippen LogP contribution in [0.2, 0.25) is 0 Å². The van der Waals surface area contributed by atoms with Gasteiger partial charge in [0.1, 0.15) is 12.4 Å². The van der Waals surface area contributed by atoms with E-state index in [9.17, 15) is 4.79 Å². The van der Waals surface area contributed by atoms with Crippen LogP contribution >= 0.6 is 0 Å². The lowest BCUT2D eigenvalue weighted by Crippen LogP contribution is -2.17. The molecule has 0 aliphatic rings. The van der Waals surface area contributed by atoms with E-state index < -0.39 is 5.97 Å². The van der Waals surface area contributed by atoms with Crippen molar-refractivity contribution < 1.29 is 19.0 Å². The highest BCUT2D eigenvalue weighted by atomic mass is 16.6. The molecule has 0 fully saturated rings. The van der Waals surface area contributed by atoms with Crippen molar-refractivity contribution in [2.75, 3.05) is 26.4 Å². The van der Waals surface area contributed by atoms with Crippen LogP contribution in [0.5, 0.6) is 5.75 Å². The molecular weight excluding hydrogens is 280 g/mol. The Morgan fingerprint density at radius 1 is 0.909 bits per heavy atom. The van der Waals surface area contributed by atoms with Crippen molar-refractivity contribution in [1.29, 1.82) is 0 Å². The first-order valence-electron chi connectivity index (χ1n) is 7.31. The molecule has 0 heterocycles. The number of carbonyl (C=O) groups is 1. The van der Waals surface area contributed by atoms with Gasteiger partial charge < -0.3 is 14.2 Å². The van der Waals surface area contributed by atoms with Crippen molar-refractivity contribution >= 4 is 5.97 Å². The van der Waals surface area contributed by atoms with Crippen LogP contribution in [0, 0.1) is 0 Å². The maximum Gasteiger partial charge on any atom is 0.344 e. The van der Waals surface area contributed by atoms with Crippen LogP contribution in [-0.2, 0) is 14.3 Å². The summed E-state index contributed by atoms with van der Waals surface area (Å²) in [5.41, 5.74) is 2.25. The molecule has 4 nitrogen and oxygen atoms in total. The zero-order valence-corrected chi connectivity index (χ0v) is 12.7. The highest BCUT2D eigenvalue weighted by Gasteiger charge is 2.04. The second-order valence-corrected chi connectivity index (χ2v) is 4.60. The monoisotopic (exact) mass is 300 g/mol. The average molecular weight is 300 g/mol. The summed E-state index contributed by atoms with van der Waals surface area (Å²) >= 11 is 0. The molecule has 0 atom stereocenters. The Hall–Kier alpha value is -2.33. The van der Waals surface area contributed by atoms with Gasteiger partial charge in [0.25, 0.3) is 0 Å². The quantitative estimate of drug-likeness (QED) is 0.554. The van der Waals surface area contributed by atoms with Crippen molar-refractivity contribution in [1.82, 2.24) is 0 Å². The molecule has 22 heavy (non-hydrogen) atoms. The highest BCUT2D eigenvalue weighted by Crippen LogP contribution is 2.21. The summed E-state index contributed by atoms with van der Waals surface area (Å²) < 4.78 is 15.5. The van der Waals surface area contributed by atoms with Gasteiger partial charge in [-0.1, -0.05) is 42.5 Å². The minimum atomic E-state index is -0.396. The molecule has 0 radical (unpaired) electrons. The number of esters is 1. The summed E-state index contributed by atoms with van der Waals surface area (Å²) in [6.07, 6.45) is 0. The number of hydrogen-bond donors (Lipinski definition) is 0. The summed E-state index contributed by atoms with van der Waals surface area (Å²) in [5, 5.41) is 0. The third-order valence-electron chi connectivity index (χ3n) is 3.01. The zero-order chi connectivity index (χ0) is 15.6. The minimum absolute atomic E-state index is 0.100. The van der Waals surface area contributed by atoms with E-state index in [0.29, 0.717) is 19.0 Å². The average Bonchev–Trinajstić information content (AvgIpc) is 2.58. The molecule has 0 spiro atoms. The molecule has 0 N–H and O–H groups in total. The van der Waals surface area contributed by atoms with E-state index in [4.69, 9.17) is 14.2 Å². The van der Waals surface area contributed by atoms with Crippen LogP contribution in [0.4, 0.5) is 0 Å². The lowest BCUT2D eigenvalue weighted by molar-refractivity contribution is -0.147. The topological polar surface area (TPSA) is 44.8 Å². The van der Waals surface area contributed by atoms with E-state index in [1.54, 1.807) is 0 Å². The third-order valence-corrected chi connectivity index (χ3v) is 3.01. The number of hydrogen-bond acceptors (Lipinski definition) is 4. The van der Waals surface area contributed by atoms with Crippen molar-refractivity contribution in [2.45, 2.75) is 6.92 Å². The Balaban J connectivity index is 1.78. The van der Waals surface area contributed by atoms with E-state index in [0.717, 1.165) is 11.1 Å². The van der Waals surface area contributed by atoms with Crippen LogP contribution in [-0.4, -0.2) is 32.4 Å². The Morgan fingerprint density at radius 3 is 2.27 bits per heavy atom. The summed E-state index contributed by atoms with van der Waals surface area (Å²) in [6, 6.07) is 17.7. The highest BCUT2D eigenvalue weighted by molar-refractivity contribution is 5.71. The normalized spacial score (nSPS) is 10.2. The Labute approximate surface area is 130 Å². The van der Waals surface area contributed by atoms with E-state index in [1.807, 2.05) is 61.5 Å². The molecule has 2 aromatic rings. The summed E-state index contributed by atoms with van der Waals surface area (Å²) in [4.78, 5) is 11.5. The summed E-state index contributed by atoms with van der Waals surface area (Å²) in [5.74, 6) is 0.244. The fourth-order valence-electron chi connectivity index (χ4n) is 1.92. The SMILES string of the molecule is CCOCCOC(=O)COc1ccc(-c2ccccc2)cc1. The van der Waals surface area contributed by atoms with Gasteiger partial charge in [-0.15, -0.1) is 0 Å². The van der Waals surface area contributed by atoms with Gasteiger partial charge in [0, 0.05) is 6.61 Å². The molecule has 0 bridgehead atoms. The second-order valence-electron chi connectivity index (χ2n) is 4.60. The second kappa shape index (κ2) is 8.85.